The van der Waals surface area contributed by atoms with E-state index in [0.717, 1.165) is 16.1 Å². The van der Waals surface area contributed by atoms with Gasteiger partial charge in [0.25, 0.3) is 0 Å². The molecule has 42 heavy (non-hydrogen) atoms. The summed E-state index contributed by atoms with van der Waals surface area (Å²) >= 11 is 6.50. The fourth-order valence-electron chi connectivity index (χ4n) is 4.61. The summed E-state index contributed by atoms with van der Waals surface area (Å²) in [7, 11) is -3.92. The molecule has 0 unspecified atom stereocenters. The van der Waals surface area contributed by atoms with Crippen LogP contribution in [0.2, 0.25) is 5.02 Å². The van der Waals surface area contributed by atoms with Gasteiger partial charge in [-0.3, -0.25) is 13.9 Å². The standard InChI is InChI=1S/C31H36ClN3O6S/c1-4-22(2)33-31(37)27(18-23-10-6-5-7-11-23)34(20-24-12-8-9-13-26(24)32)30(36)21-35(42(3,38)39)25-14-15-28-29(19-25)41-17-16-40-28/h5-15,19,22,27H,4,16-18,20-21H2,1-3H3,(H,33,37)/t22-,27+/m0/s1. The molecule has 1 heterocycles. The Balaban J connectivity index is 1.74. The molecule has 0 radical (unpaired) electrons. The zero-order chi connectivity index (χ0) is 30.3. The van der Waals surface area contributed by atoms with Gasteiger partial charge in [-0.15, -0.1) is 0 Å². The van der Waals surface area contributed by atoms with Crippen molar-refractivity contribution in [3.8, 4) is 11.5 Å². The van der Waals surface area contributed by atoms with E-state index in [4.69, 9.17) is 21.1 Å². The molecular formula is C31H36ClN3O6S. The first-order chi connectivity index (χ1) is 20.1. The molecule has 0 saturated heterocycles. The van der Waals surface area contributed by atoms with Crippen molar-refractivity contribution in [2.75, 3.05) is 30.3 Å². The van der Waals surface area contributed by atoms with Crippen molar-refractivity contribution in [1.82, 2.24) is 10.2 Å². The lowest BCUT2D eigenvalue weighted by Crippen LogP contribution is -2.54. The fraction of sp³-hybridized carbons (Fsp3) is 0.355. The third kappa shape index (κ3) is 7.95. The van der Waals surface area contributed by atoms with Crippen LogP contribution < -0.4 is 19.1 Å². The molecule has 2 atom stereocenters. The number of hydrogen-bond donors (Lipinski definition) is 1. The first-order valence-corrected chi connectivity index (χ1v) is 16.0. The van der Waals surface area contributed by atoms with Crippen molar-refractivity contribution in [2.45, 2.75) is 45.3 Å². The van der Waals surface area contributed by atoms with Gasteiger partial charge in [0.1, 0.15) is 25.8 Å². The monoisotopic (exact) mass is 613 g/mol. The van der Waals surface area contributed by atoms with Gasteiger partial charge in [0.05, 0.1) is 11.9 Å². The number of hydrogen-bond acceptors (Lipinski definition) is 6. The highest BCUT2D eigenvalue weighted by atomic mass is 35.5. The Morgan fingerprint density at radius 3 is 2.31 bits per heavy atom. The summed E-state index contributed by atoms with van der Waals surface area (Å²) in [5, 5.41) is 3.44. The van der Waals surface area contributed by atoms with Crippen molar-refractivity contribution in [3.05, 3.63) is 88.9 Å². The Hall–Kier alpha value is -3.76. The summed E-state index contributed by atoms with van der Waals surface area (Å²) in [6.45, 7) is 4.03. The molecule has 3 aromatic rings. The van der Waals surface area contributed by atoms with Gasteiger partial charge >= 0.3 is 0 Å². The van der Waals surface area contributed by atoms with E-state index in [2.05, 4.69) is 5.32 Å². The molecular weight excluding hydrogens is 578 g/mol. The van der Waals surface area contributed by atoms with E-state index < -0.39 is 28.5 Å². The molecule has 0 saturated carbocycles. The predicted octanol–water partition coefficient (Wildman–Crippen LogP) is 4.43. The van der Waals surface area contributed by atoms with Gasteiger partial charge in [0.15, 0.2) is 11.5 Å². The lowest BCUT2D eigenvalue weighted by atomic mass is 10.0. The third-order valence-corrected chi connectivity index (χ3v) is 8.57. The second kappa shape index (κ2) is 13.9. The lowest BCUT2D eigenvalue weighted by molar-refractivity contribution is -0.140. The summed E-state index contributed by atoms with van der Waals surface area (Å²) in [6, 6.07) is 20.1. The van der Waals surface area contributed by atoms with Crippen LogP contribution in [0.25, 0.3) is 0 Å². The highest BCUT2D eigenvalue weighted by Gasteiger charge is 2.34. The number of fused-ring (bicyclic) bond motifs is 1. The number of nitrogens with one attached hydrogen (secondary N) is 1. The van der Waals surface area contributed by atoms with Crippen molar-refractivity contribution < 1.29 is 27.5 Å². The summed E-state index contributed by atoms with van der Waals surface area (Å²) in [5.41, 5.74) is 1.73. The predicted molar refractivity (Wildman–Crippen MR) is 163 cm³/mol. The lowest BCUT2D eigenvalue weighted by Gasteiger charge is -2.34. The van der Waals surface area contributed by atoms with Crippen LogP contribution in [0, 0.1) is 0 Å². The van der Waals surface area contributed by atoms with Crippen LogP contribution in [0.3, 0.4) is 0 Å². The molecule has 9 nitrogen and oxygen atoms in total. The van der Waals surface area contributed by atoms with Gasteiger partial charge in [0, 0.05) is 30.1 Å². The van der Waals surface area contributed by atoms with Gasteiger partial charge in [-0.1, -0.05) is 67.1 Å². The SMILES string of the molecule is CC[C@H](C)NC(=O)[C@@H](Cc1ccccc1)N(Cc1ccccc1Cl)C(=O)CN(c1ccc2c(c1)OCCO2)S(C)(=O)=O. The molecule has 4 rings (SSSR count). The molecule has 0 fully saturated rings. The number of nitrogens with zero attached hydrogens (tertiary/aromatic N) is 2. The normalized spacial score (nSPS) is 14.0. The first kappa shape index (κ1) is 31.2. The smallest absolute Gasteiger partial charge is 0.244 e. The number of halogens is 1. The average Bonchev–Trinajstić information content (AvgIpc) is 2.98. The van der Waals surface area contributed by atoms with Gasteiger partial charge in [-0.25, -0.2) is 8.42 Å². The number of amides is 2. The van der Waals surface area contributed by atoms with E-state index in [0.29, 0.717) is 41.7 Å². The number of anilines is 1. The summed E-state index contributed by atoms with van der Waals surface area (Å²) in [4.78, 5) is 29.4. The minimum atomic E-state index is -3.92. The van der Waals surface area contributed by atoms with E-state index in [1.807, 2.05) is 44.2 Å². The summed E-state index contributed by atoms with van der Waals surface area (Å²) in [6.07, 6.45) is 1.96. The van der Waals surface area contributed by atoms with E-state index in [-0.39, 0.29) is 30.6 Å². The molecule has 11 heteroatoms. The van der Waals surface area contributed by atoms with Gasteiger partial charge in [0.2, 0.25) is 21.8 Å². The molecule has 0 spiro atoms. The Morgan fingerprint density at radius 2 is 1.64 bits per heavy atom. The van der Waals surface area contributed by atoms with Crippen molar-refractivity contribution >= 4 is 39.1 Å². The van der Waals surface area contributed by atoms with Crippen LogP contribution in [0.5, 0.6) is 11.5 Å². The quantitative estimate of drug-likeness (QED) is 0.324. The minimum Gasteiger partial charge on any atom is -0.486 e. The maximum absolute atomic E-state index is 14.2. The van der Waals surface area contributed by atoms with E-state index in [1.54, 1.807) is 36.4 Å². The minimum absolute atomic E-state index is 0.00265. The molecule has 1 aliphatic rings. The number of benzene rings is 3. The number of carbonyl (C=O) groups is 2. The van der Waals surface area contributed by atoms with Gasteiger partial charge in [-0.2, -0.15) is 0 Å². The zero-order valence-corrected chi connectivity index (χ0v) is 25.5. The second-order valence-electron chi connectivity index (χ2n) is 10.2. The number of rotatable bonds is 12. The molecule has 2 amide bonds. The molecule has 224 valence electrons. The van der Waals surface area contributed by atoms with E-state index in [9.17, 15) is 18.0 Å². The maximum Gasteiger partial charge on any atom is 0.244 e. The van der Waals surface area contributed by atoms with Gasteiger partial charge < -0.3 is 19.7 Å². The molecule has 0 bridgehead atoms. The Kier molecular flexibility index (Phi) is 10.3. The van der Waals surface area contributed by atoms with Crippen LogP contribution in [-0.2, 0) is 32.6 Å². The molecule has 1 N–H and O–H groups in total. The molecule has 1 aliphatic heterocycles. The Bertz CT molecular complexity index is 1500. The van der Waals surface area contributed by atoms with Crippen LogP contribution in [0.4, 0.5) is 5.69 Å². The Labute approximate surface area is 252 Å². The fourth-order valence-corrected chi connectivity index (χ4v) is 5.64. The summed E-state index contributed by atoms with van der Waals surface area (Å²) < 4.78 is 38.3. The van der Waals surface area contributed by atoms with E-state index >= 15 is 0 Å². The Morgan fingerprint density at radius 1 is 0.976 bits per heavy atom. The average molecular weight is 614 g/mol. The number of carbonyl (C=O) groups excluding carboxylic acids is 2. The van der Waals surface area contributed by atoms with Crippen molar-refractivity contribution in [1.29, 1.82) is 0 Å². The van der Waals surface area contributed by atoms with Gasteiger partial charge in [-0.05, 0) is 42.7 Å². The molecule has 3 aromatic carbocycles. The topological polar surface area (TPSA) is 105 Å². The van der Waals surface area contributed by atoms with Crippen molar-refractivity contribution in [3.63, 3.8) is 0 Å². The zero-order valence-electron chi connectivity index (χ0n) is 24.0. The van der Waals surface area contributed by atoms with Crippen LogP contribution >= 0.6 is 11.6 Å². The van der Waals surface area contributed by atoms with E-state index in [1.165, 1.54) is 11.0 Å². The third-order valence-electron chi connectivity index (χ3n) is 7.06. The second-order valence-corrected chi connectivity index (χ2v) is 12.5. The first-order valence-electron chi connectivity index (χ1n) is 13.8. The largest absolute Gasteiger partial charge is 0.486 e. The number of sulfonamides is 1. The highest BCUT2D eigenvalue weighted by molar-refractivity contribution is 7.92. The maximum atomic E-state index is 14.2. The summed E-state index contributed by atoms with van der Waals surface area (Å²) in [5.74, 6) is -0.00766. The van der Waals surface area contributed by atoms with Crippen LogP contribution in [0.1, 0.15) is 31.4 Å². The number of ether oxygens (including phenoxy) is 2. The van der Waals surface area contributed by atoms with Crippen molar-refractivity contribution in [2.24, 2.45) is 0 Å². The van der Waals surface area contributed by atoms with Crippen LogP contribution in [-0.4, -0.2) is 63.2 Å². The molecule has 0 aromatic heterocycles. The van der Waals surface area contributed by atoms with Crippen LogP contribution in [0.15, 0.2) is 72.8 Å². The molecule has 0 aliphatic carbocycles. The highest BCUT2D eigenvalue weighted by Crippen LogP contribution is 2.35.